The predicted octanol–water partition coefficient (Wildman–Crippen LogP) is 4.63. The van der Waals surface area contributed by atoms with Crippen LogP contribution in [0, 0.1) is 5.92 Å². The Hall–Kier alpha value is -2.93. The van der Waals surface area contributed by atoms with E-state index in [1.54, 1.807) is 4.90 Å². The van der Waals surface area contributed by atoms with Crippen LogP contribution in [-0.2, 0) is 22.6 Å². The van der Waals surface area contributed by atoms with Gasteiger partial charge in [0.05, 0.1) is 16.8 Å². The number of fused-ring (bicyclic) bond motifs is 2. The van der Waals surface area contributed by atoms with Crippen LogP contribution >= 0.6 is 11.3 Å². The first-order valence-electron chi connectivity index (χ1n) is 10.7. The Labute approximate surface area is 186 Å². The van der Waals surface area contributed by atoms with Gasteiger partial charge in [0.1, 0.15) is 11.8 Å². The summed E-state index contributed by atoms with van der Waals surface area (Å²) < 4.78 is 6.50. The van der Waals surface area contributed by atoms with E-state index in [1.807, 2.05) is 63.2 Å². The summed E-state index contributed by atoms with van der Waals surface area (Å²) in [5.74, 6) is 0.476. The molecule has 0 bridgehead atoms. The number of aromatic nitrogens is 1. The molecule has 7 heteroatoms. The van der Waals surface area contributed by atoms with Crippen LogP contribution in [-0.4, -0.2) is 34.3 Å². The zero-order valence-corrected chi connectivity index (χ0v) is 18.9. The van der Waals surface area contributed by atoms with Crippen molar-refractivity contribution in [3.05, 3.63) is 53.6 Å². The monoisotopic (exact) mass is 437 g/mol. The Kier molecular flexibility index (Phi) is 6.23. The molecule has 31 heavy (non-hydrogen) atoms. The average molecular weight is 438 g/mol. The number of benzene rings is 2. The van der Waals surface area contributed by atoms with Crippen molar-refractivity contribution in [3.63, 3.8) is 0 Å². The minimum Gasteiger partial charge on any atom is -0.494 e. The van der Waals surface area contributed by atoms with Gasteiger partial charge in [0.25, 0.3) is 0 Å². The van der Waals surface area contributed by atoms with Gasteiger partial charge < -0.3 is 15.0 Å². The fraction of sp³-hybridized carbons (Fsp3) is 0.375. The zero-order chi connectivity index (χ0) is 22.0. The van der Waals surface area contributed by atoms with E-state index in [0.29, 0.717) is 24.7 Å². The maximum Gasteiger partial charge on any atom is 0.249 e. The first-order chi connectivity index (χ1) is 15.0. The topological polar surface area (TPSA) is 71.5 Å². The molecule has 0 saturated carbocycles. The molecule has 1 N–H and O–H groups in total. The van der Waals surface area contributed by atoms with Crippen molar-refractivity contribution in [3.8, 4) is 5.75 Å². The number of thiazole rings is 1. The molecule has 2 heterocycles. The number of nitrogens with zero attached hydrogens (tertiary/aromatic N) is 2. The summed E-state index contributed by atoms with van der Waals surface area (Å²) >= 11 is 1.41. The second-order valence-corrected chi connectivity index (χ2v) is 8.87. The van der Waals surface area contributed by atoms with Crippen molar-refractivity contribution in [1.82, 2.24) is 9.88 Å². The van der Waals surface area contributed by atoms with E-state index in [1.165, 1.54) is 11.3 Å². The third-order valence-corrected chi connectivity index (χ3v) is 6.70. The average Bonchev–Trinajstić information content (AvgIpc) is 3.18. The van der Waals surface area contributed by atoms with Crippen LogP contribution in [0.4, 0.5) is 5.13 Å². The van der Waals surface area contributed by atoms with Crippen LogP contribution in [0.5, 0.6) is 5.75 Å². The minimum absolute atomic E-state index is 0.0165. The molecular weight excluding hydrogens is 410 g/mol. The van der Waals surface area contributed by atoms with Gasteiger partial charge in [-0.15, -0.1) is 0 Å². The summed E-state index contributed by atoms with van der Waals surface area (Å²) in [5.41, 5.74) is 3.03. The standard InChI is InChI=1S/C24H27N3O3S/c1-4-15(3)23(29)27-14-17-9-7-6-8-16(17)12-20(27)22(28)26-24-25-19-11-10-18(30-5-2)13-21(19)31-24/h6-11,13,15,20H,4-5,12,14H2,1-3H3,(H,25,26,28). The molecule has 4 rings (SSSR count). The molecule has 0 spiro atoms. The Morgan fingerprint density at radius 1 is 1.23 bits per heavy atom. The number of hydrogen-bond donors (Lipinski definition) is 1. The van der Waals surface area contributed by atoms with Crippen LogP contribution in [0.3, 0.4) is 0 Å². The lowest BCUT2D eigenvalue weighted by Gasteiger charge is -2.37. The van der Waals surface area contributed by atoms with Gasteiger partial charge in [0.15, 0.2) is 5.13 Å². The first kappa shape index (κ1) is 21.3. The Balaban J connectivity index is 1.59. The lowest BCUT2D eigenvalue weighted by atomic mass is 9.92. The van der Waals surface area contributed by atoms with Crippen LogP contribution in [0.1, 0.15) is 38.3 Å². The number of nitrogens with one attached hydrogen (secondary N) is 1. The van der Waals surface area contributed by atoms with Gasteiger partial charge in [-0.25, -0.2) is 4.98 Å². The lowest BCUT2D eigenvalue weighted by molar-refractivity contribution is -0.143. The summed E-state index contributed by atoms with van der Waals surface area (Å²) in [6.45, 7) is 6.90. The fourth-order valence-electron chi connectivity index (χ4n) is 3.85. The molecule has 2 amide bonds. The third-order valence-electron chi connectivity index (χ3n) is 5.77. The largest absolute Gasteiger partial charge is 0.494 e. The number of ether oxygens (including phenoxy) is 1. The van der Waals surface area contributed by atoms with E-state index in [9.17, 15) is 9.59 Å². The fourth-order valence-corrected chi connectivity index (χ4v) is 4.75. The quantitative estimate of drug-likeness (QED) is 0.610. The minimum atomic E-state index is -0.553. The predicted molar refractivity (Wildman–Crippen MR) is 123 cm³/mol. The van der Waals surface area contributed by atoms with Crippen LogP contribution in [0.25, 0.3) is 10.2 Å². The SMILES string of the molecule is CCOc1ccc2nc(NC(=O)C3Cc4ccccc4CN3C(=O)C(C)CC)sc2c1. The zero-order valence-electron chi connectivity index (χ0n) is 18.1. The molecule has 2 atom stereocenters. The van der Waals surface area contributed by atoms with Crippen molar-refractivity contribution in [2.24, 2.45) is 5.92 Å². The highest BCUT2D eigenvalue weighted by Gasteiger charge is 2.36. The van der Waals surface area contributed by atoms with Gasteiger partial charge in [0, 0.05) is 18.9 Å². The Morgan fingerprint density at radius 3 is 2.74 bits per heavy atom. The van der Waals surface area contributed by atoms with Gasteiger partial charge in [0.2, 0.25) is 11.8 Å². The summed E-state index contributed by atoms with van der Waals surface area (Å²) in [6, 6.07) is 13.2. The number of carbonyl (C=O) groups excluding carboxylic acids is 2. The van der Waals surface area contributed by atoms with Crippen molar-refractivity contribution in [2.45, 2.75) is 46.2 Å². The second kappa shape index (κ2) is 9.06. The normalized spacial score (nSPS) is 16.6. The number of amides is 2. The van der Waals surface area contributed by atoms with E-state index in [2.05, 4.69) is 10.3 Å². The summed E-state index contributed by atoms with van der Waals surface area (Å²) in [7, 11) is 0. The number of hydrogen-bond acceptors (Lipinski definition) is 5. The molecule has 0 radical (unpaired) electrons. The van der Waals surface area contributed by atoms with E-state index in [0.717, 1.165) is 33.5 Å². The highest BCUT2D eigenvalue weighted by molar-refractivity contribution is 7.22. The molecule has 2 unspecified atom stereocenters. The van der Waals surface area contributed by atoms with Crippen molar-refractivity contribution in [1.29, 1.82) is 0 Å². The van der Waals surface area contributed by atoms with E-state index >= 15 is 0 Å². The maximum absolute atomic E-state index is 13.3. The second-order valence-electron chi connectivity index (χ2n) is 7.83. The van der Waals surface area contributed by atoms with Gasteiger partial charge in [-0.1, -0.05) is 49.4 Å². The molecule has 1 aromatic heterocycles. The number of rotatable bonds is 6. The van der Waals surface area contributed by atoms with Crippen molar-refractivity contribution in [2.75, 3.05) is 11.9 Å². The van der Waals surface area contributed by atoms with E-state index in [-0.39, 0.29) is 17.7 Å². The molecular formula is C24H27N3O3S. The van der Waals surface area contributed by atoms with Crippen LogP contribution in [0.2, 0.25) is 0 Å². The van der Waals surface area contributed by atoms with Gasteiger partial charge >= 0.3 is 0 Å². The van der Waals surface area contributed by atoms with Crippen LogP contribution in [0.15, 0.2) is 42.5 Å². The summed E-state index contributed by atoms with van der Waals surface area (Å²) in [5, 5.41) is 3.49. The van der Waals surface area contributed by atoms with Gasteiger partial charge in [-0.05, 0) is 42.7 Å². The molecule has 2 aromatic carbocycles. The smallest absolute Gasteiger partial charge is 0.249 e. The molecule has 3 aromatic rings. The number of carbonyl (C=O) groups is 2. The number of anilines is 1. The van der Waals surface area contributed by atoms with E-state index in [4.69, 9.17) is 4.74 Å². The lowest BCUT2D eigenvalue weighted by Crippen LogP contribution is -2.52. The molecule has 0 saturated heterocycles. The highest BCUT2D eigenvalue weighted by atomic mass is 32.1. The van der Waals surface area contributed by atoms with Crippen LogP contribution < -0.4 is 10.1 Å². The molecule has 0 fully saturated rings. The molecule has 6 nitrogen and oxygen atoms in total. The van der Waals surface area contributed by atoms with Crippen molar-refractivity contribution < 1.29 is 14.3 Å². The maximum atomic E-state index is 13.3. The first-order valence-corrected chi connectivity index (χ1v) is 11.5. The molecule has 0 aliphatic carbocycles. The summed E-state index contributed by atoms with van der Waals surface area (Å²) in [4.78, 5) is 32.6. The molecule has 162 valence electrons. The van der Waals surface area contributed by atoms with E-state index < -0.39 is 6.04 Å². The third kappa shape index (κ3) is 4.42. The van der Waals surface area contributed by atoms with Crippen molar-refractivity contribution >= 4 is 38.5 Å². The van der Waals surface area contributed by atoms with Gasteiger partial charge in [-0.3, -0.25) is 9.59 Å². The molecule has 1 aliphatic rings. The Morgan fingerprint density at radius 2 is 2.00 bits per heavy atom. The van der Waals surface area contributed by atoms with Gasteiger partial charge in [-0.2, -0.15) is 0 Å². The Bertz CT molecular complexity index is 1110. The highest BCUT2D eigenvalue weighted by Crippen LogP contribution is 2.31. The summed E-state index contributed by atoms with van der Waals surface area (Å²) in [6.07, 6.45) is 1.24. The molecule has 1 aliphatic heterocycles.